The molecule has 1 N–H and O–H groups in total. The largest absolute Gasteiger partial charge is 0.392 e. The van der Waals surface area contributed by atoms with Crippen molar-refractivity contribution in [1.29, 1.82) is 0 Å². The Morgan fingerprint density at radius 2 is 1.40 bits per heavy atom. The second-order valence-corrected chi connectivity index (χ2v) is 8.76. The molecule has 0 heterocycles. The average molecular weight is 349 g/mol. The number of hydrogen-bond donors (Lipinski definition) is 1. The molecule has 0 bridgehead atoms. The van der Waals surface area contributed by atoms with E-state index in [0.29, 0.717) is 25.0 Å². The van der Waals surface area contributed by atoms with Crippen molar-refractivity contribution in [1.82, 2.24) is 0 Å². The van der Waals surface area contributed by atoms with Gasteiger partial charge in [-0.15, -0.1) is 0 Å². The van der Waals surface area contributed by atoms with E-state index in [0.717, 1.165) is 18.3 Å². The van der Waals surface area contributed by atoms with Gasteiger partial charge in [-0.3, -0.25) is 0 Å². The maximum Gasteiger partial charge on any atom is 0.0717 e. The first-order valence-electron chi connectivity index (χ1n) is 10.1. The zero-order valence-corrected chi connectivity index (χ0v) is 17.2. The molecule has 0 saturated carbocycles. The summed E-state index contributed by atoms with van der Waals surface area (Å²) in [5, 5.41) is 10.6. The molecule has 5 atom stereocenters. The summed E-state index contributed by atoms with van der Waals surface area (Å²) < 4.78 is 5.81. The normalized spacial score (nSPS) is 17.9. The molecule has 2 nitrogen and oxygen atoms in total. The van der Waals surface area contributed by atoms with E-state index in [1.165, 1.54) is 18.4 Å². The maximum atomic E-state index is 10.6. The highest BCUT2D eigenvalue weighted by Gasteiger charge is 2.23. The van der Waals surface area contributed by atoms with Crippen molar-refractivity contribution in [2.24, 2.45) is 29.6 Å². The van der Waals surface area contributed by atoms with Crippen molar-refractivity contribution in [2.45, 2.75) is 73.5 Å². The summed E-state index contributed by atoms with van der Waals surface area (Å²) in [4.78, 5) is 0. The van der Waals surface area contributed by atoms with E-state index in [1.807, 2.05) is 18.2 Å². The molecular weight excluding hydrogens is 308 g/mol. The van der Waals surface area contributed by atoms with Crippen LogP contribution in [0.25, 0.3) is 0 Å². The lowest BCUT2D eigenvalue weighted by Gasteiger charge is -2.28. The minimum Gasteiger partial charge on any atom is -0.392 e. The van der Waals surface area contributed by atoms with Gasteiger partial charge in [-0.25, -0.2) is 0 Å². The fraction of sp³-hybridized carbons (Fsp3) is 0.739. The molecule has 0 radical (unpaired) electrons. The van der Waals surface area contributed by atoms with Gasteiger partial charge in [-0.2, -0.15) is 0 Å². The van der Waals surface area contributed by atoms with Crippen LogP contribution in [0.1, 0.15) is 66.4 Å². The van der Waals surface area contributed by atoms with Crippen LogP contribution in [0.5, 0.6) is 0 Å². The summed E-state index contributed by atoms with van der Waals surface area (Å²) >= 11 is 0. The van der Waals surface area contributed by atoms with Crippen LogP contribution in [0, 0.1) is 29.6 Å². The Morgan fingerprint density at radius 3 is 2.00 bits per heavy atom. The van der Waals surface area contributed by atoms with Gasteiger partial charge < -0.3 is 9.84 Å². The highest BCUT2D eigenvalue weighted by atomic mass is 16.5. The van der Waals surface area contributed by atoms with Crippen molar-refractivity contribution >= 4 is 0 Å². The van der Waals surface area contributed by atoms with E-state index in [4.69, 9.17) is 4.74 Å². The molecule has 25 heavy (non-hydrogen) atoms. The Labute approximate surface area is 156 Å². The third-order valence-electron chi connectivity index (χ3n) is 5.11. The molecule has 0 unspecified atom stereocenters. The summed E-state index contributed by atoms with van der Waals surface area (Å²) in [6, 6.07) is 10.2. The van der Waals surface area contributed by atoms with Crippen LogP contribution >= 0.6 is 0 Å². The SMILES string of the molecule is CC(C)C[C@@H](C)C[C@@H](C)C[C@@H](C)[C@H](O)[C@H](C)COCc1ccccc1. The monoisotopic (exact) mass is 348 g/mol. The number of rotatable bonds is 12. The van der Waals surface area contributed by atoms with Gasteiger partial charge in [0.15, 0.2) is 0 Å². The summed E-state index contributed by atoms with van der Waals surface area (Å²) in [6.45, 7) is 14.8. The highest BCUT2D eigenvalue weighted by molar-refractivity contribution is 5.13. The second-order valence-electron chi connectivity index (χ2n) is 8.76. The number of benzene rings is 1. The second kappa shape index (κ2) is 11.7. The molecule has 144 valence electrons. The summed E-state index contributed by atoms with van der Waals surface area (Å²) in [5.41, 5.74) is 1.19. The Hall–Kier alpha value is -0.860. The smallest absolute Gasteiger partial charge is 0.0717 e. The van der Waals surface area contributed by atoms with Crippen molar-refractivity contribution in [3.8, 4) is 0 Å². The van der Waals surface area contributed by atoms with E-state index in [-0.39, 0.29) is 12.0 Å². The molecule has 0 aromatic heterocycles. The van der Waals surface area contributed by atoms with Crippen LogP contribution in [0.4, 0.5) is 0 Å². The van der Waals surface area contributed by atoms with E-state index >= 15 is 0 Å². The van der Waals surface area contributed by atoms with Crippen LogP contribution in [0.15, 0.2) is 30.3 Å². The number of hydrogen-bond acceptors (Lipinski definition) is 2. The van der Waals surface area contributed by atoms with Crippen LogP contribution in [0.3, 0.4) is 0 Å². The van der Waals surface area contributed by atoms with Gasteiger partial charge in [0.1, 0.15) is 0 Å². The van der Waals surface area contributed by atoms with Crippen LogP contribution in [0.2, 0.25) is 0 Å². The lowest BCUT2D eigenvalue weighted by atomic mass is 9.82. The first-order chi connectivity index (χ1) is 11.8. The van der Waals surface area contributed by atoms with Gasteiger partial charge in [0.05, 0.1) is 19.3 Å². The molecule has 0 aliphatic heterocycles. The van der Waals surface area contributed by atoms with Gasteiger partial charge in [0.2, 0.25) is 0 Å². The zero-order valence-electron chi connectivity index (χ0n) is 17.2. The van der Waals surface area contributed by atoms with Gasteiger partial charge in [-0.05, 0) is 48.5 Å². The van der Waals surface area contributed by atoms with E-state index in [1.54, 1.807) is 0 Å². The Bertz CT molecular complexity index is 443. The lowest BCUT2D eigenvalue weighted by molar-refractivity contribution is -0.00152. The van der Waals surface area contributed by atoms with Crippen molar-refractivity contribution in [2.75, 3.05) is 6.61 Å². The maximum absolute atomic E-state index is 10.6. The molecule has 1 aromatic carbocycles. The number of aliphatic hydroxyl groups excluding tert-OH is 1. The fourth-order valence-electron chi connectivity index (χ4n) is 4.05. The van der Waals surface area contributed by atoms with Gasteiger partial charge in [0.25, 0.3) is 0 Å². The standard InChI is InChI=1S/C23H40O2/c1-17(2)12-18(3)13-19(4)14-20(5)23(24)21(6)15-25-16-22-10-8-7-9-11-22/h7-11,17-21,23-24H,12-16H2,1-6H3/t18-,19-,20-,21-,23+/m1/s1. The Morgan fingerprint density at radius 1 is 0.800 bits per heavy atom. The number of ether oxygens (including phenoxy) is 1. The summed E-state index contributed by atoms with van der Waals surface area (Å²) in [5.74, 6) is 2.68. The molecule has 1 rings (SSSR count). The molecule has 0 aliphatic rings. The van der Waals surface area contributed by atoms with Gasteiger partial charge in [0, 0.05) is 5.92 Å². The lowest BCUT2D eigenvalue weighted by Crippen LogP contribution is -2.30. The minimum absolute atomic E-state index is 0.166. The molecule has 0 fully saturated rings. The van der Waals surface area contributed by atoms with Gasteiger partial charge in [-0.1, -0.05) is 71.9 Å². The third-order valence-corrected chi connectivity index (χ3v) is 5.11. The topological polar surface area (TPSA) is 29.5 Å². The predicted molar refractivity (Wildman–Crippen MR) is 107 cm³/mol. The first-order valence-corrected chi connectivity index (χ1v) is 10.1. The fourth-order valence-corrected chi connectivity index (χ4v) is 4.05. The molecular formula is C23H40O2. The summed E-state index contributed by atoms with van der Waals surface area (Å²) in [6.07, 6.45) is 3.35. The Balaban J connectivity index is 2.30. The van der Waals surface area contributed by atoms with E-state index in [9.17, 15) is 5.11 Å². The summed E-state index contributed by atoms with van der Waals surface area (Å²) in [7, 11) is 0. The minimum atomic E-state index is -0.293. The average Bonchev–Trinajstić information content (AvgIpc) is 2.53. The molecule has 0 saturated heterocycles. The van der Waals surface area contributed by atoms with Crippen molar-refractivity contribution < 1.29 is 9.84 Å². The molecule has 0 aliphatic carbocycles. The Kier molecular flexibility index (Phi) is 10.4. The van der Waals surface area contributed by atoms with Crippen LogP contribution in [-0.4, -0.2) is 17.8 Å². The molecule has 2 heteroatoms. The van der Waals surface area contributed by atoms with Crippen LogP contribution < -0.4 is 0 Å². The zero-order chi connectivity index (χ0) is 18.8. The van der Waals surface area contributed by atoms with Crippen molar-refractivity contribution in [3.05, 3.63) is 35.9 Å². The van der Waals surface area contributed by atoms with Gasteiger partial charge >= 0.3 is 0 Å². The van der Waals surface area contributed by atoms with E-state index in [2.05, 4.69) is 53.7 Å². The number of aliphatic hydroxyl groups is 1. The molecule has 0 amide bonds. The highest BCUT2D eigenvalue weighted by Crippen LogP contribution is 2.27. The molecule has 0 spiro atoms. The van der Waals surface area contributed by atoms with Crippen LogP contribution in [-0.2, 0) is 11.3 Å². The van der Waals surface area contributed by atoms with Crippen molar-refractivity contribution in [3.63, 3.8) is 0 Å². The molecule has 1 aromatic rings. The first kappa shape index (κ1) is 22.2. The predicted octanol–water partition coefficient (Wildman–Crippen LogP) is 5.93. The third kappa shape index (κ3) is 9.42. The quantitative estimate of drug-likeness (QED) is 0.507. The van der Waals surface area contributed by atoms with E-state index < -0.39 is 0 Å².